The lowest BCUT2D eigenvalue weighted by Crippen LogP contribution is -2.41. The quantitative estimate of drug-likeness (QED) is 0.582. The Kier molecular flexibility index (Phi) is 6.29. The summed E-state index contributed by atoms with van der Waals surface area (Å²) >= 11 is 12.1. The Labute approximate surface area is 186 Å². The van der Waals surface area contributed by atoms with Crippen molar-refractivity contribution in [3.8, 4) is 5.88 Å². The maximum absolute atomic E-state index is 12.7. The number of hydrogen-bond acceptors (Lipinski definition) is 4. The molecule has 2 aromatic heterocycles. The minimum absolute atomic E-state index is 0.0527. The number of nitrogens with one attached hydrogen (secondary N) is 1. The normalized spacial score (nSPS) is 11.7. The SMILES string of the molecule is COc1nn(C)c2nc(C)c(CCC(=O)NC(C)(C)c3ccc(Cl)c(Cl)c3)c(C)c12. The summed E-state index contributed by atoms with van der Waals surface area (Å²) in [5, 5.41) is 9.30. The summed E-state index contributed by atoms with van der Waals surface area (Å²) in [5.41, 5.74) is 4.05. The average Bonchev–Trinajstić information content (AvgIpc) is 2.99. The van der Waals surface area contributed by atoms with Crippen molar-refractivity contribution in [1.29, 1.82) is 0 Å². The van der Waals surface area contributed by atoms with Gasteiger partial charge in [0, 0.05) is 19.2 Å². The Morgan fingerprint density at radius 1 is 1.23 bits per heavy atom. The second-order valence-electron chi connectivity index (χ2n) is 7.93. The standard InChI is InChI=1S/C22H26Cl2N4O2/c1-12-15(13(2)25-20-19(12)21(30-6)27-28(20)5)8-10-18(29)26-22(3,4)14-7-9-16(23)17(24)11-14/h7,9,11H,8,10H2,1-6H3,(H,26,29). The minimum Gasteiger partial charge on any atom is -0.479 e. The number of hydrogen-bond donors (Lipinski definition) is 1. The molecule has 0 fully saturated rings. The Balaban J connectivity index is 1.78. The molecule has 0 unspecified atom stereocenters. The third-order valence-electron chi connectivity index (χ3n) is 5.41. The Morgan fingerprint density at radius 2 is 1.93 bits per heavy atom. The van der Waals surface area contributed by atoms with Crippen molar-refractivity contribution in [1.82, 2.24) is 20.1 Å². The van der Waals surface area contributed by atoms with E-state index in [2.05, 4.69) is 15.4 Å². The zero-order chi connectivity index (χ0) is 22.2. The Hall–Kier alpha value is -2.31. The van der Waals surface area contributed by atoms with Crippen LogP contribution in [-0.4, -0.2) is 27.8 Å². The predicted octanol–water partition coefficient (Wildman–Crippen LogP) is 4.88. The fourth-order valence-corrected chi connectivity index (χ4v) is 4.01. The second kappa shape index (κ2) is 8.44. The zero-order valence-corrected chi connectivity index (χ0v) is 19.6. The lowest BCUT2D eigenvalue weighted by Gasteiger charge is -2.27. The van der Waals surface area contributed by atoms with E-state index >= 15 is 0 Å². The van der Waals surface area contributed by atoms with Gasteiger partial charge in [-0.3, -0.25) is 4.79 Å². The van der Waals surface area contributed by atoms with Crippen molar-refractivity contribution in [2.24, 2.45) is 7.05 Å². The first-order valence-corrected chi connectivity index (χ1v) is 10.4. The summed E-state index contributed by atoms with van der Waals surface area (Å²) in [6.45, 7) is 7.86. The number of aromatic nitrogens is 3. The highest BCUT2D eigenvalue weighted by atomic mass is 35.5. The molecule has 0 aliphatic heterocycles. The average molecular weight is 449 g/mol. The molecule has 0 saturated heterocycles. The number of benzene rings is 1. The molecule has 3 rings (SSSR count). The Bertz CT molecular complexity index is 1120. The van der Waals surface area contributed by atoms with E-state index < -0.39 is 5.54 Å². The topological polar surface area (TPSA) is 69.0 Å². The van der Waals surface area contributed by atoms with Crippen molar-refractivity contribution in [2.75, 3.05) is 7.11 Å². The van der Waals surface area contributed by atoms with Crippen LogP contribution in [0.3, 0.4) is 0 Å². The number of pyridine rings is 1. The van der Waals surface area contributed by atoms with E-state index in [9.17, 15) is 4.79 Å². The van der Waals surface area contributed by atoms with Crippen LogP contribution < -0.4 is 10.1 Å². The van der Waals surface area contributed by atoms with Crippen LogP contribution >= 0.6 is 23.2 Å². The van der Waals surface area contributed by atoms with Gasteiger partial charge in [-0.1, -0.05) is 29.3 Å². The second-order valence-corrected chi connectivity index (χ2v) is 8.75. The maximum Gasteiger partial charge on any atom is 0.242 e. The molecule has 1 N–H and O–H groups in total. The molecular formula is C22H26Cl2N4O2. The van der Waals surface area contributed by atoms with E-state index in [0.717, 1.165) is 33.4 Å². The highest BCUT2D eigenvalue weighted by Crippen LogP contribution is 2.31. The third-order valence-corrected chi connectivity index (χ3v) is 6.15. The molecule has 0 spiro atoms. The molecular weight excluding hydrogens is 423 g/mol. The number of carbonyl (C=O) groups excluding carboxylic acids is 1. The molecule has 0 aliphatic rings. The lowest BCUT2D eigenvalue weighted by atomic mass is 9.93. The molecule has 0 saturated carbocycles. The van der Waals surface area contributed by atoms with Crippen molar-refractivity contribution >= 4 is 40.1 Å². The van der Waals surface area contributed by atoms with Crippen LogP contribution in [0.25, 0.3) is 11.0 Å². The van der Waals surface area contributed by atoms with Crippen molar-refractivity contribution in [2.45, 2.75) is 46.1 Å². The van der Waals surface area contributed by atoms with E-state index in [4.69, 9.17) is 27.9 Å². The first kappa shape index (κ1) is 22.4. The molecule has 1 aromatic carbocycles. The van der Waals surface area contributed by atoms with E-state index in [0.29, 0.717) is 28.8 Å². The lowest BCUT2D eigenvalue weighted by molar-refractivity contribution is -0.122. The molecule has 160 valence electrons. The monoisotopic (exact) mass is 448 g/mol. The van der Waals surface area contributed by atoms with Crippen LogP contribution in [0.2, 0.25) is 10.0 Å². The van der Waals surface area contributed by atoms with Crippen LogP contribution in [0, 0.1) is 13.8 Å². The maximum atomic E-state index is 12.7. The van der Waals surface area contributed by atoms with Gasteiger partial charge in [0.15, 0.2) is 5.65 Å². The molecule has 0 atom stereocenters. The van der Waals surface area contributed by atoms with Crippen LogP contribution in [0.1, 0.15) is 42.7 Å². The number of nitrogens with zero attached hydrogens (tertiary/aromatic N) is 3. The number of ether oxygens (including phenoxy) is 1. The highest BCUT2D eigenvalue weighted by molar-refractivity contribution is 6.42. The van der Waals surface area contributed by atoms with E-state index in [1.54, 1.807) is 23.9 Å². The van der Waals surface area contributed by atoms with Gasteiger partial charge in [0.2, 0.25) is 11.8 Å². The molecule has 1 amide bonds. The predicted molar refractivity (Wildman–Crippen MR) is 120 cm³/mol. The number of fused-ring (bicyclic) bond motifs is 1. The van der Waals surface area contributed by atoms with Gasteiger partial charge >= 0.3 is 0 Å². The largest absolute Gasteiger partial charge is 0.479 e. The summed E-state index contributed by atoms with van der Waals surface area (Å²) in [5.74, 6) is 0.493. The summed E-state index contributed by atoms with van der Waals surface area (Å²) in [7, 11) is 3.44. The molecule has 0 radical (unpaired) electrons. The van der Waals surface area contributed by atoms with E-state index in [1.807, 2.05) is 40.8 Å². The third kappa shape index (κ3) is 4.25. The van der Waals surface area contributed by atoms with Gasteiger partial charge in [0.05, 0.1) is 28.1 Å². The number of carbonyl (C=O) groups is 1. The first-order valence-electron chi connectivity index (χ1n) is 9.68. The summed E-state index contributed by atoms with van der Waals surface area (Å²) in [4.78, 5) is 17.4. The fraction of sp³-hybridized carbons (Fsp3) is 0.409. The molecule has 8 heteroatoms. The van der Waals surface area contributed by atoms with Crippen LogP contribution in [-0.2, 0) is 23.8 Å². The number of halogens is 2. The molecule has 3 aromatic rings. The van der Waals surface area contributed by atoms with Crippen molar-refractivity contribution < 1.29 is 9.53 Å². The van der Waals surface area contributed by atoms with Crippen LogP contribution in [0.15, 0.2) is 18.2 Å². The molecule has 6 nitrogen and oxygen atoms in total. The van der Waals surface area contributed by atoms with Crippen molar-refractivity contribution in [3.63, 3.8) is 0 Å². The summed E-state index contributed by atoms with van der Waals surface area (Å²) in [6.07, 6.45) is 0.907. The summed E-state index contributed by atoms with van der Waals surface area (Å²) in [6, 6.07) is 5.39. The van der Waals surface area contributed by atoms with Gasteiger partial charge in [0.1, 0.15) is 0 Å². The van der Waals surface area contributed by atoms with E-state index in [-0.39, 0.29) is 5.91 Å². The van der Waals surface area contributed by atoms with Gasteiger partial charge in [-0.25, -0.2) is 9.67 Å². The molecule has 0 bridgehead atoms. The van der Waals surface area contributed by atoms with Crippen LogP contribution in [0.5, 0.6) is 5.88 Å². The van der Waals surface area contributed by atoms with Gasteiger partial charge in [-0.2, -0.15) is 0 Å². The molecule has 30 heavy (non-hydrogen) atoms. The number of amides is 1. The van der Waals surface area contributed by atoms with Gasteiger partial charge in [-0.05, 0) is 62.9 Å². The van der Waals surface area contributed by atoms with Crippen molar-refractivity contribution in [3.05, 3.63) is 50.6 Å². The molecule has 2 heterocycles. The summed E-state index contributed by atoms with van der Waals surface area (Å²) < 4.78 is 7.12. The van der Waals surface area contributed by atoms with Gasteiger partial charge < -0.3 is 10.1 Å². The number of aryl methyl sites for hydroxylation is 3. The van der Waals surface area contributed by atoms with E-state index in [1.165, 1.54) is 0 Å². The first-order chi connectivity index (χ1) is 14.0. The Morgan fingerprint density at radius 3 is 2.57 bits per heavy atom. The number of rotatable bonds is 6. The zero-order valence-electron chi connectivity index (χ0n) is 18.1. The highest BCUT2D eigenvalue weighted by Gasteiger charge is 2.24. The smallest absolute Gasteiger partial charge is 0.242 e. The van der Waals surface area contributed by atoms with Gasteiger partial charge in [-0.15, -0.1) is 5.10 Å². The van der Waals surface area contributed by atoms with Gasteiger partial charge in [0.25, 0.3) is 0 Å². The number of methoxy groups -OCH3 is 1. The fourth-order valence-electron chi connectivity index (χ4n) is 3.71. The molecule has 0 aliphatic carbocycles. The minimum atomic E-state index is -0.579. The van der Waals surface area contributed by atoms with Crippen LogP contribution in [0.4, 0.5) is 0 Å².